The molecule has 0 aromatic rings. The second-order valence-electron chi connectivity index (χ2n) is 5.35. The third-order valence-electron chi connectivity index (χ3n) is 2.49. The van der Waals surface area contributed by atoms with E-state index in [4.69, 9.17) is 10.1 Å². The maximum Gasteiger partial charge on any atom is 0.264 e. The third kappa shape index (κ3) is 2.69. The average molecular weight is 210 g/mol. The smallest absolute Gasteiger partial charge is 0.264 e. The van der Waals surface area contributed by atoms with Crippen molar-refractivity contribution in [3.63, 3.8) is 0 Å². The Morgan fingerprint density at radius 2 is 2.07 bits per heavy atom. The summed E-state index contributed by atoms with van der Waals surface area (Å²) in [5.74, 6) is 0.142. The summed E-state index contributed by atoms with van der Waals surface area (Å²) < 4.78 is 0. The highest BCUT2D eigenvalue weighted by atomic mass is 16.7. The van der Waals surface area contributed by atoms with Crippen molar-refractivity contribution >= 4 is 5.91 Å². The van der Waals surface area contributed by atoms with Crippen molar-refractivity contribution in [3.05, 3.63) is 0 Å². The Labute approximate surface area is 90.6 Å². The fraction of sp³-hybridized carbons (Fsp3) is 0.818. The topological polar surface area (TPSA) is 62.1 Å². The lowest BCUT2D eigenvalue weighted by Crippen LogP contribution is -2.49. The fourth-order valence-electron chi connectivity index (χ4n) is 1.75. The molecule has 4 heteroatoms. The van der Waals surface area contributed by atoms with Crippen LogP contribution in [0.3, 0.4) is 0 Å². The van der Waals surface area contributed by atoms with Gasteiger partial charge >= 0.3 is 0 Å². The van der Waals surface area contributed by atoms with E-state index in [0.29, 0.717) is 18.8 Å². The highest BCUT2D eigenvalue weighted by Crippen LogP contribution is 2.45. The Morgan fingerprint density at radius 1 is 1.53 bits per heavy atom. The van der Waals surface area contributed by atoms with Crippen LogP contribution in [0.5, 0.6) is 0 Å². The molecule has 15 heavy (non-hydrogen) atoms. The minimum Gasteiger partial charge on any atom is -0.271 e. The minimum absolute atomic E-state index is 0.307. The molecule has 1 aliphatic rings. The van der Waals surface area contributed by atoms with E-state index in [1.54, 1.807) is 0 Å². The number of nitrogens with zero attached hydrogens (tertiary/aromatic N) is 1. The largest absolute Gasteiger partial charge is 0.271 e. The van der Waals surface area contributed by atoms with Crippen molar-refractivity contribution in [2.75, 3.05) is 0 Å². The Hall–Kier alpha value is -1.08. The zero-order valence-corrected chi connectivity index (χ0v) is 9.76. The number of rotatable bonds is 2. The van der Waals surface area contributed by atoms with Crippen molar-refractivity contribution in [1.82, 2.24) is 5.48 Å². The fourth-order valence-corrected chi connectivity index (χ4v) is 1.75. The van der Waals surface area contributed by atoms with E-state index >= 15 is 0 Å². The normalized spacial score (nSPS) is 30.2. The second-order valence-corrected chi connectivity index (χ2v) is 5.35. The van der Waals surface area contributed by atoms with E-state index in [0.717, 1.165) is 0 Å². The molecule has 0 unspecified atom stereocenters. The van der Waals surface area contributed by atoms with E-state index in [-0.39, 0.29) is 5.91 Å². The van der Waals surface area contributed by atoms with Crippen molar-refractivity contribution < 1.29 is 9.63 Å². The predicted molar refractivity (Wildman–Crippen MR) is 55.4 cm³/mol. The van der Waals surface area contributed by atoms with Gasteiger partial charge in [-0.05, 0) is 39.5 Å². The molecule has 1 N–H and O–H groups in total. The standard InChI is InChI=1S/C11H18N2O2/c1-8-5-11(6-8,7-12)9(14)13-15-10(2,3)4/h8H,5-6H2,1-4H3,(H,13,14). The first-order valence-electron chi connectivity index (χ1n) is 5.19. The lowest BCUT2D eigenvalue weighted by atomic mass is 9.63. The second kappa shape index (κ2) is 3.82. The molecule has 1 fully saturated rings. The van der Waals surface area contributed by atoms with Gasteiger partial charge in [-0.2, -0.15) is 5.26 Å². The van der Waals surface area contributed by atoms with E-state index in [1.807, 2.05) is 27.7 Å². The summed E-state index contributed by atoms with van der Waals surface area (Å²) in [5, 5.41) is 8.99. The number of hydrogen-bond donors (Lipinski definition) is 1. The number of amides is 1. The van der Waals surface area contributed by atoms with Gasteiger partial charge in [-0.3, -0.25) is 9.63 Å². The zero-order valence-electron chi connectivity index (χ0n) is 9.76. The van der Waals surface area contributed by atoms with Gasteiger partial charge in [-0.1, -0.05) is 6.92 Å². The average Bonchev–Trinajstić information content (AvgIpc) is 2.07. The highest BCUT2D eigenvalue weighted by Gasteiger charge is 2.49. The van der Waals surface area contributed by atoms with Gasteiger partial charge in [0.1, 0.15) is 5.41 Å². The molecular weight excluding hydrogens is 192 g/mol. The van der Waals surface area contributed by atoms with Crippen LogP contribution in [-0.2, 0) is 9.63 Å². The van der Waals surface area contributed by atoms with Crippen molar-refractivity contribution in [2.45, 2.75) is 46.1 Å². The number of carbonyl (C=O) groups excluding carboxylic acids is 1. The van der Waals surface area contributed by atoms with Crippen molar-refractivity contribution in [3.8, 4) is 6.07 Å². The molecule has 0 aromatic heterocycles. The number of nitriles is 1. The van der Waals surface area contributed by atoms with Crippen LogP contribution in [0.4, 0.5) is 0 Å². The van der Waals surface area contributed by atoms with Crippen LogP contribution in [0.2, 0.25) is 0 Å². The van der Waals surface area contributed by atoms with Gasteiger partial charge in [0.15, 0.2) is 0 Å². The van der Waals surface area contributed by atoms with Crippen LogP contribution in [0.15, 0.2) is 0 Å². The first-order chi connectivity index (χ1) is 6.79. The van der Waals surface area contributed by atoms with Crippen LogP contribution in [0.25, 0.3) is 0 Å². The van der Waals surface area contributed by atoms with Gasteiger partial charge in [-0.15, -0.1) is 0 Å². The number of hydrogen-bond acceptors (Lipinski definition) is 3. The number of carbonyl (C=O) groups is 1. The van der Waals surface area contributed by atoms with Gasteiger partial charge in [0.2, 0.25) is 0 Å². The van der Waals surface area contributed by atoms with Gasteiger partial charge in [0.05, 0.1) is 11.7 Å². The van der Waals surface area contributed by atoms with E-state index in [2.05, 4.69) is 11.5 Å². The van der Waals surface area contributed by atoms with E-state index < -0.39 is 11.0 Å². The maximum absolute atomic E-state index is 11.7. The first-order valence-corrected chi connectivity index (χ1v) is 5.19. The Balaban J connectivity index is 2.51. The molecule has 1 aliphatic carbocycles. The summed E-state index contributed by atoms with van der Waals surface area (Å²) in [6.07, 6.45) is 1.26. The molecule has 0 saturated heterocycles. The molecule has 4 nitrogen and oxygen atoms in total. The van der Waals surface area contributed by atoms with Crippen LogP contribution in [-0.4, -0.2) is 11.5 Å². The van der Waals surface area contributed by atoms with Crippen molar-refractivity contribution in [1.29, 1.82) is 5.26 Å². The Kier molecular flexibility index (Phi) is 3.05. The maximum atomic E-state index is 11.7. The molecule has 0 spiro atoms. The molecule has 0 aliphatic heterocycles. The summed E-state index contributed by atoms with van der Waals surface area (Å²) in [5.41, 5.74) is 1.09. The van der Waals surface area contributed by atoms with E-state index in [9.17, 15) is 4.79 Å². The lowest BCUT2D eigenvalue weighted by Gasteiger charge is -2.39. The van der Waals surface area contributed by atoms with Gasteiger partial charge < -0.3 is 0 Å². The molecular formula is C11H18N2O2. The first kappa shape index (κ1) is 12.0. The van der Waals surface area contributed by atoms with Crippen LogP contribution in [0.1, 0.15) is 40.5 Å². The number of hydroxylamine groups is 1. The quantitative estimate of drug-likeness (QED) is 0.706. The highest BCUT2D eigenvalue weighted by molar-refractivity contribution is 5.85. The van der Waals surface area contributed by atoms with Gasteiger partial charge in [0.25, 0.3) is 5.91 Å². The molecule has 0 heterocycles. The van der Waals surface area contributed by atoms with Crippen molar-refractivity contribution in [2.24, 2.45) is 11.3 Å². The predicted octanol–water partition coefficient (Wildman–Crippen LogP) is 1.77. The molecule has 1 saturated carbocycles. The Bertz CT molecular complexity index is 293. The molecule has 1 amide bonds. The zero-order chi connectivity index (χ0) is 11.7. The van der Waals surface area contributed by atoms with Crippen LogP contribution in [0, 0.1) is 22.7 Å². The molecule has 0 radical (unpaired) electrons. The molecule has 84 valence electrons. The van der Waals surface area contributed by atoms with E-state index in [1.165, 1.54) is 0 Å². The molecule has 0 atom stereocenters. The van der Waals surface area contributed by atoms with Gasteiger partial charge in [-0.25, -0.2) is 5.48 Å². The SMILES string of the molecule is CC1CC(C#N)(C(=O)NOC(C)(C)C)C1. The third-order valence-corrected chi connectivity index (χ3v) is 2.49. The Morgan fingerprint density at radius 3 is 2.40 bits per heavy atom. The monoisotopic (exact) mass is 210 g/mol. The lowest BCUT2D eigenvalue weighted by molar-refractivity contribution is -0.158. The molecule has 0 bridgehead atoms. The number of nitrogens with one attached hydrogen (secondary N) is 1. The molecule has 0 aromatic carbocycles. The summed E-state index contributed by atoms with van der Waals surface area (Å²) in [7, 11) is 0. The minimum atomic E-state index is -0.856. The summed E-state index contributed by atoms with van der Waals surface area (Å²) in [6, 6.07) is 2.09. The van der Waals surface area contributed by atoms with Crippen LogP contribution < -0.4 is 5.48 Å². The molecule has 1 rings (SSSR count). The van der Waals surface area contributed by atoms with Gasteiger partial charge in [0, 0.05) is 0 Å². The summed E-state index contributed by atoms with van der Waals surface area (Å²) in [6.45, 7) is 7.56. The van der Waals surface area contributed by atoms with Crippen LogP contribution >= 0.6 is 0 Å². The summed E-state index contributed by atoms with van der Waals surface area (Å²) >= 11 is 0. The summed E-state index contributed by atoms with van der Waals surface area (Å²) in [4.78, 5) is 16.9.